The molecule has 0 spiro atoms. The molecular formula is C13H19N5O2S. The number of nitrogens with zero attached hydrogens (tertiary/aromatic N) is 4. The fourth-order valence-corrected chi connectivity index (χ4v) is 3.88. The molecule has 0 amide bonds. The lowest BCUT2D eigenvalue weighted by molar-refractivity contribution is 0.296. The molecule has 1 atom stereocenters. The van der Waals surface area contributed by atoms with Crippen LogP contribution in [-0.4, -0.2) is 59.4 Å². The van der Waals surface area contributed by atoms with Crippen molar-refractivity contribution in [2.24, 2.45) is 0 Å². The Labute approximate surface area is 124 Å². The quantitative estimate of drug-likeness (QED) is 0.915. The van der Waals surface area contributed by atoms with Crippen molar-refractivity contribution in [1.82, 2.24) is 23.8 Å². The van der Waals surface area contributed by atoms with Gasteiger partial charge in [-0.05, 0) is 25.0 Å². The average molecular weight is 309 g/mol. The molecule has 1 aliphatic heterocycles. The van der Waals surface area contributed by atoms with Crippen LogP contribution in [0.15, 0.2) is 18.3 Å². The summed E-state index contributed by atoms with van der Waals surface area (Å²) in [5.41, 5.74) is 1.67. The molecule has 3 heterocycles. The van der Waals surface area contributed by atoms with Crippen molar-refractivity contribution in [2.45, 2.75) is 18.8 Å². The van der Waals surface area contributed by atoms with E-state index in [1.165, 1.54) is 4.31 Å². The number of H-pyrrole nitrogens is 1. The van der Waals surface area contributed by atoms with Gasteiger partial charge in [0.05, 0.1) is 6.20 Å². The van der Waals surface area contributed by atoms with E-state index in [1.54, 1.807) is 24.6 Å². The van der Waals surface area contributed by atoms with Crippen LogP contribution in [0.5, 0.6) is 0 Å². The minimum absolute atomic E-state index is 0.126. The second-order valence-corrected chi connectivity index (χ2v) is 7.67. The standard InChI is InChI=1S/C13H19N5O2S/c1-17(2)21(19,20)18-7-3-4-11(9-18)12-6-5-10-8-14-16-13(10)15-12/h5-6,8,11H,3-4,7,9H2,1-2H3,(H,14,15,16). The van der Waals surface area contributed by atoms with Gasteiger partial charge >= 0.3 is 0 Å². The van der Waals surface area contributed by atoms with Gasteiger partial charge in [0.15, 0.2) is 5.65 Å². The van der Waals surface area contributed by atoms with Gasteiger partial charge in [-0.2, -0.15) is 22.1 Å². The zero-order valence-corrected chi connectivity index (χ0v) is 13.0. The minimum atomic E-state index is -3.35. The van der Waals surface area contributed by atoms with E-state index in [9.17, 15) is 8.42 Å². The highest BCUT2D eigenvalue weighted by Crippen LogP contribution is 2.28. The van der Waals surface area contributed by atoms with E-state index in [0.29, 0.717) is 13.1 Å². The first kappa shape index (κ1) is 14.4. The van der Waals surface area contributed by atoms with Gasteiger partial charge in [0, 0.05) is 44.2 Å². The third-order valence-electron chi connectivity index (χ3n) is 3.91. The smallest absolute Gasteiger partial charge is 0.261 e. The van der Waals surface area contributed by atoms with Gasteiger partial charge in [0.25, 0.3) is 10.2 Å². The number of aromatic nitrogens is 3. The maximum Gasteiger partial charge on any atom is 0.281 e. The van der Waals surface area contributed by atoms with Crippen LogP contribution in [0.2, 0.25) is 0 Å². The van der Waals surface area contributed by atoms with Crippen LogP contribution in [0.1, 0.15) is 24.5 Å². The van der Waals surface area contributed by atoms with Crippen molar-refractivity contribution in [1.29, 1.82) is 0 Å². The number of piperidine rings is 1. The van der Waals surface area contributed by atoms with E-state index >= 15 is 0 Å². The monoisotopic (exact) mass is 309 g/mol. The molecular weight excluding hydrogens is 290 g/mol. The summed E-state index contributed by atoms with van der Waals surface area (Å²) >= 11 is 0. The van der Waals surface area contributed by atoms with Crippen LogP contribution >= 0.6 is 0 Å². The van der Waals surface area contributed by atoms with Crippen molar-refractivity contribution in [3.8, 4) is 0 Å². The van der Waals surface area contributed by atoms with Crippen LogP contribution in [-0.2, 0) is 10.2 Å². The van der Waals surface area contributed by atoms with Crippen LogP contribution in [0.4, 0.5) is 0 Å². The molecule has 0 aliphatic carbocycles. The van der Waals surface area contributed by atoms with E-state index < -0.39 is 10.2 Å². The number of nitrogens with one attached hydrogen (secondary N) is 1. The largest absolute Gasteiger partial charge is 0.281 e. The Balaban J connectivity index is 1.85. The summed E-state index contributed by atoms with van der Waals surface area (Å²) in [7, 11) is -0.227. The van der Waals surface area contributed by atoms with Crippen LogP contribution in [0.3, 0.4) is 0 Å². The molecule has 2 aromatic heterocycles. The Morgan fingerprint density at radius 3 is 2.95 bits per heavy atom. The SMILES string of the molecule is CN(C)S(=O)(=O)N1CCCC(c2ccc3cn[nH]c3n2)C1. The highest BCUT2D eigenvalue weighted by molar-refractivity contribution is 7.86. The van der Waals surface area contributed by atoms with Gasteiger partial charge in [0.2, 0.25) is 0 Å². The number of hydrogen-bond donors (Lipinski definition) is 1. The second-order valence-electron chi connectivity index (χ2n) is 5.53. The molecule has 0 bridgehead atoms. The molecule has 3 rings (SSSR count). The van der Waals surface area contributed by atoms with Gasteiger partial charge in [-0.3, -0.25) is 5.10 Å². The molecule has 8 heteroatoms. The van der Waals surface area contributed by atoms with Gasteiger partial charge in [-0.15, -0.1) is 0 Å². The molecule has 0 saturated carbocycles. The van der Waals surface area contributed by atoms with Crippen molar-refractivity contribution >= 4 is 21.2 Å². The number of fused-ring (bicyclic) bond motifs is 1. The van der Waals surface area contributed by atoms with E-state index in [-0.39, 0.29) is 5.92 Å². The lowest BCUT2D eigenvalue weighted by Crippen LogP contribution is -2.45. The molecule has 0 radical (unpaired) electrons. The summed E-state index contributed by atoms with van der Waals surface area (Å²) in [5, 5.41) is 7.79. The summed E-state index contributed by atoms with van der Waals surface area (Å²) in [5.74, 6) is 0.126. The third-order valence-corrected chi connectivity index (χ3v) is 5.82. The summed E-state index contributed by atoms with van der Waals surface area (Å²) < 4.78 is 27.3. The van der Waals surface area contributed by atoms with Crippen molar-refractivity contribution in [3.63, 3.8) is 0 Å². The summed E-state index contributed by atoms with van der Waals surface area (Å²) in [4.78, 5) is 4.57. The number of aromatic amines is 1. The summed E-state index contributed by atoms with van der Waals surface area (Å²) in [6.07, 6.45) is 3.53. The minimum Gasteiger partial charge on any atom is -0.261 e. The Morgan fingerprint density at radius 1 is 1.38 bits per heavy atom. The Hall–Kier alpha value is -1.51. The second kappa shape index (κ2) is 5.36. The fourth-order valence-electron chi connectivity index (χ4n) is 2.69. The maximum absolute atomic E-state index is 12.2. The third kappa shape index (κ3) is 2.66. The lowest BCUT2D eigenvalue weighted by atomic mass is 9.95. The normalized spacial score (nSPS) is 21.2. The van der Waals surface area contributed by atoms with Gasteiger partial charge in [-0.25, -0.2) is 4.98 Å². The maximum atomic E-state index is 12.2. The summed E-state index contributed by atoms with van der Waals surface area (Å²) in [6.45, 7) is 1.05. The Morgan fingerprint density at radius 2 is 2.19 bits per heavy atom. The summed E-state index contributed by atoms with van der Waals surface area (Å²) in [6, 6.07) is 3.94. The molecule has 0 aromatic carbocycles. The lowest BCUT2D eigenvalue weighted by Gasteiger charge is -2.33. The first-order valence-electron chi connectivity index (χ1n) is 6.96. The zero-order valence-electron chi connectivity index (χ0n) is 12.2. The Kier molecular flexibility index (Phi) is 3.68. The predicted molar refractivity (Wildman–Crippen MR) is 80.0 cm³/mol. The predicted octanol–water partition coefficient (Wildman–Crippen LogP) is 0.944. The molecule has 7 nitrogen and oxygen atoms in total. The van der Waals surface area contributed by atoms with E-state index in [1.807, 2.05) is 12.1 Å². The van der Waals surface area contributed by atoms with Crippen LogP contribution in [0.25, 0.3) is 11.0 Å². The number of rotatable bonds is 3. The van der Waals surface area contributed by atoms with E-state index in [0.717, 1.165) is 29.6 Å². The zero-order chi connectivity index (χ0) is 15.0. The first-order chi connectivity index (χ1) is 9.98. The average Bonchev–Trinajstić information content (AvgIpc) is 2.94. The highest BCUT2D eigenvalue weighted by atomic mass is 32.2. The van der Waals surface area contributed by atoms with Gasteiger partial charge < -0.3 is 0 Å². The highest BCUT2D eigenvalue weighted by Gasteiger charge is 2.31. The van der Waals surface area contributed by atoms with Crippen molar-refractivity contribution in [3.05, 3.63) is 24.0 Å². The van der Waals surface area contributed by atoms with Crippen LogP contribution < -0.4 is 0 Å². The molecule has 1 N–H and O–H groups in total. The van der Waals surface area contributed by atoms with Crippen molar-refractivity contribution < 1.29 is 8.42 Å². The molecule has 2 aromatic rings. The topological polar surface area (TPSA) is 82.2 Å². The van der Waals surface area contributed by atoms with Crippen molar-refractivity contribution in [2.75, 3.05) is 27.2 Å². The van der Waals surface area contributed by atoms with E-state index in [4.69, 9.17) is 0 Å². The van der Waals surface area contributed by atoms with E-state index in [2.05, 4.69) is 15.2 Å². The first-order valence-corrected chi connectivity index (χ1v) is 8.36. The molecule has 1 unspecified atom stereocenters. The molecule has 1 saturated heterocycles. The number of pyridine rings is 1. The Bertz CT molecular complexity index is 740. The van der Waals surface area contributed by atoms with Gasteiger partial charge in [0.1, 0.15) is 0 Å². The fraction of sp³-hybridized carbons (Fsp3) is 0.538. The molecule has 1 aliphatic rings. The molecule has 1 fully saturated rings. The van der Waals surface area contributed by atoms with Gasteiger partial charge in [-0.1, -0.05) is 0 Å². The van der Waals surface area contributed by atoms with Crippen LogP contribution in [0, 0.1) is 0 Å². The molecule has 21 heavy (non-hydrogen) atoms. The number of hydrogen-bond acceptors (Lipinski definition) is 4. The molecule has 114 valence electrons.